The zero-order valence-electron chi connectivity index (χ0n) is 12.7. The van der Waals surface area contributed by atoms with E-state index in [0.29, 0.717) is 0 Å². The van der Waals surface area contributed by atoms with Crippen LogP contribution in [0.1, 0.15) is 38.2 Å². The van der Waals surface area contributed by atoms with Gasteiger partial charge in [0.15, 0.2) is 0 Å². The van der Waals surface area contributed by atoms with E-state index in [9.17, 15) is 4.39 Å². The highest BCUT2D eigenvalue weighted by atomic mass is 19.1. The van der Waals surface area contributed by atoms with E-state index in [1.54, 1.807) is 12.1 Å². The summed E-state index contributed by atoms with van der Waals surface area (Å²) in [6, 6.07) is 7.56. The fourth-order valence-electron chi connectivity index (χ4n) is 3.28. The van der Waals surface area contributed by atoms with Crippen molar-refractivity contribution < 1.29 is 4.39 Å². The van der Waals surface area contributed by atoms with Crippen LogP contribution < -0.4 is 5.32 Å². The first-order valence-corrected chi connectivity index (χ1v) is 7.85. The number of rotatable bonds is 7. The molecule has 2 atom stereocenters. The first-order valence-electron chi connectivity index (χ1n) is 7.85. The highest BCUT2D eigenvalue weighted by Gasteiger charge is 2.26. The van der Waals surface area contributed by atoms with E-state index in [0.717, 1.165) is 31.6 Å². The van der Waals surface area contributed by atoms with Crippen molar-refractivity contribution in [2.24, 2.45) is 5.92 Å². The van der Waals surface area contributed by atoms with Gasteiger partial charge in [0.1, 0.15) is 5.82 Å². The highest BCUT2D eigenvalue weighted by molar-refractivity contribution is 5.15. The van der Waals surface area contributed by atoms with Gasteiger partial charge in [-0.2, -0.15) is 0 Å². The Bertz CT molecular complexity index is 390. The van der Waals surface area contributed by atoms with Crippen LogP contribution in [0.5, 0.6) is 0 Å². The van der Waals surface area contributed by atoms with Crippen molar-refractivity contribution in [1.82, 2.24) is 10.2 Å². The number of benzene rings is 1. The predicted molar refractivity (Wildman–Crippen MR) is 82.2 cm³/mol. The number of hydrogen-bond donors (Lipinski definition) is 1. The quantitative estimate of drug-likeness (QED) is 0.822. The van der Waals surface area contributed by atoms with Gasteiger partial charge >= 0.3 is 0 Å². The van der Waals surface area contributed by atoms with E-state index in [-0.39, 0.29) is 5.82 Å². The lowest BCUT2D eigenvalue weighted by atomic mass is 9.99. The molecule has 1 aliphatic rings. The molecule has 2 rings (SSSR count). The van der Waals surface area contributed by atoms with Crippen LogP contribution in [0.15, 0.2) is 24.3 Å². The Kier molecular flexibility index (Phi) is 5.99. The van der Waals surface area contributed by atoms with Crippen LogP contribution >= 0.6 is 0 Å². The third kappa shape index (κ3) is 4.57. The topological polar surface area (TPSA) is 15.3 Å². The summed E-state index contributed by atoms with van der Waals surface area (Å²) in [6.45, 7) is 5.28. The number of nitrogens with one attached hydrogen (secondary N) is 1. The van der Waals surface area contributed by atoms with E-state index in [1.807, 2.05) is 12.1 Å². The van der Waals surface area contributed by atoms with Crippen LogP contribution in [0.4, 0.5) is 4.39 Å². The minimum absolute atomic E-state index is 0.157. The van der Waals surface area contributed by atoms with Gasteiger partial charge in [-0.25, -0.2) is 4.39 Å². The van der Waals surface area contributed by atoms with Gasteiger partial charge in [-0.05, 0) is 63.0 Å². The Morgan fingerprint density at radius 2 is 2.00 bits per heavy atom. The maximum absolute atomic E-state index is 12.9. The summed E-state index contributed by atoms with van der Waals surface area (Å²) in [5.41, 5.74) is 1.18. The maximum atomic E-state index is 12.9. The molecule has 0 aromatic heterocycles. The van der Waals surface area contributed by atoms with Gasteiger partial charge in [-0.3, -0.25) is 0 Å². The summed E-state index contributed by atoms with van der Waals surface area (Å²) in [5, 5.41) is 3.61. The molecule has 1 aromatic carbocycles. The monoisotopic (exact) mass is 278 g/mol. The second kappa shape index (κ2) is 7.75. The molecule has 0 radical (unpaired) electrons. The lowest BCUT2D eigenvalue weighted by Gasteiger charge is -2.23. The third-order valence-corrected chi connectivity index (χ3v) is 4.37. The van der Waals surface area contributed by atoms with Crippen molar-refractivity contribution in [3.05, 3.63) is 35.6 Å². The molecule has 20 heavy (non-hydrogen) atoms. The molecular formula is C17H27FN2. The second-order valence-electron chi connectivity index (χ2n) is 6.01. The van der Waals surface area contributed by atoms with Crippen LogP contribution in [0.2, 0.25) is 0 Å². The molecule has 1 aliphatic carbocycles. The first kappa shape index (κ1) is 15.5. The van der Waals surface area contributed by atoms with E-state index >= 15 is 0 Å². The zero-order chi connectivity index (χ0) is 14.4. The number of halogens is 1. The summed E-state index contributed by atoms with van der Waals surface area (Å²) in [7, 11) is 2.15. The summed E-state index contributed by atoms with van der Waals surface area (Å²) >= 11 is 0. The molecule has 112 valence electrons. The second-order valence-corrected chi connectivity index (χ2v) is 6.01. The maximum Gasteiger partial charge on any atom is 0.123 e. The molecule has 3 heteroatoms. The van der Waals surface area contributed by atoms with Crippen LogP contribution in [-0.4, -0.2) is 31.1 Å². The SMILES string of the molecule is CCNC1CCCC1CCN(C)Cc1ccc(F)cc1. The van der Waals surface area contributed by atoms with Crippen molar-refractivity contribution in [3.63, 3.8) is 0 Å². The molecule has 1 saturated carbocycles. The third-order valence-electron chi connectivity index (χ3n) is 4.37. The highest BCUT2D eigenvalue weighted by Crippen LogP contribution is 2.28. The lowest BCUT2D eigenvalue weighted by molar-refractivity contribution is 0.276. The minimum Gasteiger partial charge on any atom is -0.314 e. The molecule has 0 amide bonds. The van der Waals surface area contributed by atoms with Crippen LogP contribution in [0.25, 0.3) is 0 Å². The Labute approximate surface area is 122 Å². The van der Waals surface area contributed by atoms with Crippen LogP contribution in [0, 0.1) is 11.7 Å². The standard InChI is InChI=1S/C17H27FN2/c1-3-19-17-6-4-5-15(17)11-12-20(2)13-14-7-9-16(18)10-8-14/h7-10,15,17,19H,3-6,11-13H2,1-2H3. The molecule has 1 fully saturated rings. The van der Waals surface area contributed by atoms with Crippen molar-refractivity contribution >= 4 is 0 Å². The van der Waals surface area contributed by atoms with Gasteiger partial charge < -0.3 is 10.2 Å². The molecule has 1 aromatic rings. The Hall–Kier alpha value is -0.930. The predicted octanol–water partition coefficient (Wildman–Crippen LogP) is 3.43. The van der Waals surface area contributed by atoms with Gasteiger partial charge in [-0.15, -0.1) is 0 Å². The zero-order valence-corrected chi connectivity index (χ0v) is 12.7. The molecule has 0 heterocycles. The Morgan fingerprint density at radius 1 is 1.25 bits per heavy atom. The van der Waals surface area contributed by atoms with E-state index in [2.05, 4.69) is 24.2 Å². The van der Waals surface area contributed by atoms with Gasteiger partial charge in [0.25, 0.3) is 0 Å². The van der Waals surface area contributed by atoms with E-state index in [1.165, 1.54) is 31.2 Å². The molecule has 0 aliphatic heterocycles. The fourth-order valence-corrected chi connectivity index (χ4v) is 3.28. The summed E-state index contributed by atoms with van der Waals surface area (Å²) in [6.07, 6.45) is 5.32. The van der Waals surface area contributed by atoms with E-state index in [4.69, 9.17) is 0 Å². The average molecular weight is 278 g/mol. The molecule has 0 bridgehead atoms. The molecule has 2 unspecified atom stereocenters. The number of hydrogen-bond acceptors (Lipinski definition) is 2. The number of nitrogens with zero attached hydrogens (tertiary/aromatic N) is 1. The molecule has 0 saturated heterocycles. The molecule has 2 nitrogen and oxygen atoms in total. The molecule has 0 spiro atoms. The Balaban J connectivity index is 1.74. The average Bonchev–Trinajstić information content (AvgIpc) is 2.87. The van der Waals surface area contributed by atoms with Crippen molar-refractivity contribution in [1.29, 1.82) is 0 Å². The van der Waals surface area contributed by atoms with Crippen molar-refractivity contribution in [3.8, 4) is 0 Å². The summed E-state index contributed by atoms with van der Waals surface area (Å²) in [4.78, 5) is 2.34. The van der Waals surface area contributed by atoms with Gasteiger partial charge in [0, 0.05) is 12.6 Å². The summed E-state index contributed by atoms with van der Waals surface area (Å²) in [5.74, 6) is 0.668. The van der Waals surface area contributed by atoms with Gasteiger partial charge in [-0.1, -0.05) is 25.5 Å². The minimum atomic E-state index is -0.157. The lowest BCUT2D eigenvalue weighted by Crippen LogP contribution is -2.34. The normalized spacial score (nSPS) is 22.6. The van der Waals surface area contributed by atoms with Crippen molar-refractivity contribution in [2.75, 3.05) is 20.1 Å². The van der Waals surface area contributed by atoms with Gasteiger partial charge in [0.2, 0.25) is 0 Å². The Morgan fingerprint density at radius 3 is 2.70 bits per heavy atom. The van der Waals surface area contributed by atoms with Crippen LogP contribution in [-0.2, 0) is 6.54 Å². The summed E-state index contributed by atoms with van der Waals surface area (Å²) < 4.78 is 12.9. The van der Waals surface area contributed by atoms with E-state index < -0.39 is 0 Å². The fraction of sp³-hybridized carbons (Fsp3) is 0.647. The molecular weight excluding hydrogens is 251 g/mol. The molecule has 1 N–H and O–H groups in total. The van der Waals surface area contributed by atoms with Crippen LogP contribution in [0.3, 0.4) is 0 Å². The first-order chi connectivity index (χ1) is 9.69. The van der Waals surface area contributed by atoms with Gasteiger partial charge in [0.05, 0.1) is 0 Å². The largest absolute Gasteiger partial charge is 0.314 e. The smallest absolute Gasteiger partial charge is 0.123 e. The van der Waals surface area contributed by atoms with Crippen molar-refractivity contribution in [2.45, 2.75) is 45.2 Å².